The Morgan fingerprint density at radius 1 is 0.914 bits per heavy atom. The largest absolute Gasteiger partial charge is 0.491 e. The number of methoxy groups -OCH3 is 1. The second-order valence-electron chi connectivity index (χ2n) is 10.8. The van der Waals surface area contributed by atoms with Crippen molar-refractivity contribution in [1.82, 2.24) is 0 Å². The predicted octanol–water partition coefficient (Wildman–Crippen LogP) is 6.84. The van der Waals surface area contributed by atoms with Crippen LogP contribution in [0.5, 0.6) is 5.75 Å². The number of aryl methyl sites for hydroxylation is 1. The Morgan fingerprint density at radius 3 is 2.09 bits per heavy atom. The third-order valence-electron chi connectivity index (χ3n) is 6.25. The van der Waals surface area contributed by atoms with Gasteiger partial charge >= 0.3 is 7.60 Å². The van der Waals surface area contributed by atoms with Gasteiger partial charge in [-0.2, -0.15) is 0 Å². The molecule has 0 radical (unpaired) electrons. The van der Waals surface area contributed by atoms with Crippen molar-refractivity contribution in [2.75, 3.05) is 54.2 Å². The maximum Gasteiger partial charge on any atom is 0.333 e. The van der Waals surface area contributed by atoms with E-state index in [4.69, 9.17) is 14.0 Å². The molecule has 1 aromatic rings. The van der Waals surface area contributed by atoms with Crippen molar-refractivity contribution in [3.05, 3.63) is 29.8 Å². The summed E-state index contributed by atoms with van der Waals surface area (Å²) in [6.07, 6.45) is 15.6. The summed E-state index contributed by atoms with van der Waals surface area (Å²) in [6.45, 7) is 3.13. The fourth-order valence-corrected chi connectivity index (χ4v) is 5.23. The van der Waals surface area contributed by atoms with Crippen LogP contribution >= 0.6 is 7.60 Å². The van der Waals surface area contributed by atoms with Crippen LogP contribution in [0.4, 0.5) is 0 Å². The Hall–Kier alpha value is -0.910. The van der Waals surface area contributed by atoms with Gasteiger partial charge in [0.05, 0.1) is 40.5 Å². The molecule has 2 unspecified atom stereocenters. The average molecular weight is 515 g/mol. The zero-order valence-corrected chi connectivity index (χ0v) is 24.1. The standard InChI is InChI=1S/C28H52NO5P/c1-6-7-8-9-10-11-12-13-14-15-16-18-26-19-17-20-27(23-26)33-24-28(32-5)25-34-35(30,31)22-21-29(2,3)4/h17,19-20,23,28H,6-16,18,21-22,24-25H2,1-5H3/p+1. The molecule has 6 nitrogen and oxygen atoms in total. The molecule has 0 spiro atoms. The number of nitrogens with zero attached hydrogens (tertiary/aromatic N) is 1. The lowest BCUT2D eigenvalue weighted by Gasteiger charge is -2.25. The first-order valence-electron chi connectivity index (χ1n) is 13.7. The lowest BCUT2D eigenvalue weighted by molar-refractivity contribution is -0.867. The molecule has 0 aliphatic heterocycles. The van der Waals surface area contributed by atoms with Crippen molar-refractivity contribution in [2.45, 2.75) is 90.1 Å². The molecule has 7 heteroatoms. The van der Waals surface area contributed by atoms with Crippen molar-refractivity contribution >= 4 is 7.60 Å². The Balaban J connectivity index is 2.24. The van der Waals surface area contributed by atoms with E-state index in [1.807, 2.05) is 33.3 Å². The summed E-state index contributed by atoms with van der Waals surface area (Å²) in [5, 5.41) is 0. The van der Waals surface area contributed by atoms with Crippen LogP contribution in [0.15, 0.2) is 24.3 Å². The van der Waals surface area contributed by atoms with E-state index < -0.39 is 13.7 Å². The van der Waals surface area contributed by atoms with Crippen molar-refractivity contribution in [1.29, 1.82) is 0 Å². The zero-order chi connectivity index (χ0) is 26.0. The fourth-order valence-electron chi connectivity index (χ4n) is 3.85. The smallest absolute Gasteiger partial charge is 0.333 e. The zero-order valence-electron chi connectivity index (χ0n) is 23.2. The number of ether oxygens (including phenoxy) is 2. The van der Waals surface area contributed by atoms with E-state index in [2.05, 4.69) is 19.1 Å². The summed E-state index contributed by atoms with van der Waals surface area (Å²) in [7, 11) is 3.87. The van der Waals surface area contributed by atoms with E-state index in [1.54, 1.807) is 7.11 Å². The molecule has 0 bridgehead atoms. The van der Waals surface area contributed by atoms with Gasteiger partial charge in [-0.3, -0.25) is 4.57 Å². The van der Waals surface area contributed by atoms with Crippen LogP contribution in [0.1, 0.15) is 83.1 Å². The highest BCUT2D eigenvalue weighted by Gasteiger charge is 2.25. The molecule has 204 valence electrons. The van der Waals surface area contributed by atoms with E-state index in [0.717, 1.165) is 12.2 Å². The van der Waals surface area contributed by atoms with Crippen LogP contribution in [0.25, 0.3) is 0 Å². The molecule has 0 saturated heterocycles. The van der Waals surface area contributed by atoms with E-state index >= 15 is 0 Å². The summed E-state index contributed by atoms with van der Waals surface area (Å²) >= 11 is 0. The molecular weight excluding hydrogens is 461 g/mol. The maximum atomic E-state index is 12.3. The van der Waals surface area contributed by atoms with Crippen molar-refractivity contribution in [3.63, 3.8) is 0 Å². The number of unbranched alkanes of at least 4 members (excludes halogenated alkanes) is 10. The summed E-state index contributed by atoms with van der Waals surface area (Å²) in [6, 6.07) is 8.20. The highest BCUT2D eigenvalue weighted by molar-refractivity contribution is 7.52. The molecule has 0 fully saturated rings. The van der Waals surface area contributed by atoms with Crippen molar-refractivity contribution in [3.8, 4) is 5.75 Å². The van der Waals surface area contributed by atoms with Crippen molar-refractivity contribution < 1.29 is 27.9 Å². The SMILES string of the molecule is CCCCCCCCCCCCCc1cccc(OCC(COP(=O)(O)CC[N+](C)(C)C)OC)c1. The van der Waals surface area contributed by atoms with Crippen LogP contribution in [0.3, 0.4) is 0 Å². The van der Waals surface area contributed by atoms with E-state index in [0.29, 0.717) is 11.0 Å². The monoisotopic (exact) mass is 514 g/mol. The van der Waals surface area contributed by atoms with E-state index in [1.165, 1.54) is 76.2 Å². The number of hydrogen-bond donors (Lipinski definition) is 1. The maximum absolute atomic E-state index is 12.3. The number of benzene rings is 1. The highest BCUT2D eigenvalue weighted by Crippen LogP contribution is 2.41. The minimum atomic E-state index is -3.64. The van der Waals surface area contributed by atoms with Gasteiger partial charge in [0.1, 0.15) is 18.5 Å². The molecular formula is C28H53NO5P+. The molecule has 0 saturated carbocycles. The molecule has 1 N–H and O–H groups in total. The minimum Gasteiger partial charge on any atom is -0.491 e. The lowest BCUT2D eigenvalue weighted by Crippen LogP contribution is -2.37. The van der Waals surface area contributed by atoms with Crippen LogP contribution in [0.2, 0.25) is 0 Å². The first-order valence-corrected chi connectivity index (χ1v) is 15.4. The molecule has 35 heavy (non-hydrogen) atoms. The Morgan fingerprint density at radius 2 is 1.51 bits per heavy atom. The quantitative estimate of drug-likeness (QED) is 0.104. The van der Waals surface area contributed by atoms with Gasteiger partial charge in [0.25, 0.3) is 0 Å². The van der Waals surface area contributed by atoms with Gasteiger partial charge in [0.2, 0.25) is 0 Å². The molecule has 2 atom stereocenters. The molecule has 0 aliphatic carbocycles. The van der Waals surface area contributed by atoms with Crippen LogP contribution in [-0.2, 0) is 20.2 Å². The van der Waals surface area contributed by atoms with Gasteiger partial charge < -0.3 is 23.4 Å². The van der Waals surface area contributed by atoms with E-state index in [9.17, 15) is 9.46 Å². The van der Waals surface area contributed by atoms with Gasteiger partial charge in [-0.25, -0.2) is 0 Å². The lowest BCUT2D eigenvalue weighted by atomic mass is 10.0. The number of quaternary nitrogens is 1. The first-order chi connectivity index (χ1) is 16.6. The molecule has 0 heterocycles. The summed E-state index contributed by atoms with van der Waals surface area (Å²) in [5.74, 6) is 0.796. The van der Waals surface area contributed by atoms with Crippen LogP contribution in [0, 0.1) is 0 Å². The topological polar surface area (TPSA) is 65.0 Å². The van der Waals surface area contributed by atoms with Gasteiger partial charge in [0, 0.05) is 7.11 Å². The fraction of sp³-hybridized carbons (Fsp3) is 0.786. The molecule has 0 amide bonds. The minimum absolute atomic E-state index is 0.0276. The number of hydrogen-bond acceptors (Lipinski definition) is 4. The normalized spacial score (nSPS) is 14.6. The van der Waals surface area contributed by atoms with Gasteiger partial charge in [-0.1, -0.05) is 83.3 Å². The summed E-state index contributed by atoms with van der Waals surface area (Å²) < 4.78 is 29.5. The van der Waals surface area contributed by atoms with Crippen LogP contribution < -0.4 is 4.74 Å². The second-order valence-corrected chi connectivity index (χ2v) is 12.8. The summed E-state index contributed by atoms with van der Waals surface area (Å²) in [4.78, 5) is 10.1. The Bertz CT molecular complexity index is 707. The average Bonchev–Trinajstić information content (AvgIpc) is 2.81. The second kappa shape index (κ2) is 18.4. The number of rotatable bonds is 22. The molecule has 0 aromatic heterocycles. The van der Waals surface area contributed by atoms with Gasteiger partial charge in [-0.15, -0.1) is 0 Å². The van der Waals surface area contributed by atoms with Crippen molar-refractivity contribution in [2.24, 2.45) is 0 Å². The van der Waals surface area contributed by atoms with Crippen LogP contribution in [-0.4, -0.2) is 69.7 Å². The molecule has 1 aromatic carbocycles. The third-order valence-corrected chi connectivity index (χ3v) is 7.57. The van der Waals surface area contributed by atoms with Gasteiger partial charge in [0.15, 0.2) is 0 Å². The predicted molar refractivity (Wildman–Crippen MR) is 146 cm³/mol. The Labute approximate surface area is 215 Å². The third kappa shape index (κ3) is 18.1. The van der Waals surface area contributed by atoms with Gasteiger partial charge in [-0.05, 0) is 30.5 Å². The highest BCUT2D eigenvalue weighted by atomic mass is 31.2. The summed E-state index contributed by atoms with van der Waals surface area (Å²) in [5.41, 5.74) is 1.28. The molecule has 1 rings (SSSR count). The first kappa shape index (κ1) is 32.1. The molecule has 0 aliphatic rings. The van der Waals surface area contributed by atoms with E-state index in [-0.39, 0.29) is 19.4 Å². The Kier molecular flexibility index (Phi) is 16.8.